The molecule has 2 saturated heterocycles. The molecule has 0 saturated carbocycles. The summed E-state index contributed by atoms with van der Waals surface area (Å²) in [4.78, 5) is 18.2. The van der Waals surface area contributed by atoms with Crippen LogP contribution in [0.1, 0.15) is 5.69 Å². The molecule has 3 aliphatic rings. The van der Waals surface area contributed by atoms with Gasteiger partial charge >= 0.3 is 0 Å². The summed E-state index contributed by atoms with van der Waals surface area (Å²) in [5, 5.41) is 10.4. The lowest BCUT2D eigenvalue weighted by Gasteiger charge is -2.17. The number of pyridine rings is 1. The van der Waals surface area contributed by atoms with Gasteiger partial charge in [0.25, 0.3) is 0 Å². The number of benzene rings is 1. The molecule has 37 heavy (non-hydrogen) atoms. The zero-order valence-corrected chi connectivity index (χ0v) is 21.6. The van der Waals surface area contributed by atoms with Crippen LogP contribution in [0, 0.1) is 0 Å². The number of hydrogen-bond acceptors (Lipinski definition) is 10. The minimum absolute atomic E-state index is 0.241. The van der Waals surface area contributed by atoms with Gasteiger partial charge in [0.05, 0.1) is 47.4 Å². The first-order valence-corrected chi connectivity index (χ1v) is 14.4. The summed E-state index contributed by atoms with van der Waals surface area (Å²) in [5.41, 5.74) is 4.08. The molecule has 4 atom stereocenters. The normalized spacial score (nSPS) is 24.5. The molecule has 0 amide bonds. The van der Waals surface area contributed by atoms with Gasteiger partial charge in [0.2, 0.25) is 0 Å². The lowest BCUT2D eigenvalue weighted by atomic mass is 10.1. The molecular weight excluding hydrogens is 518 g/mol. The van der Waals surface area contributed by atoms with E-state index in [1.807, 2.05) is 12.1 Å². The molecule has 10 nitrogen and oxygen atoms in total. The molecule has 192 valence electrons. The van der Waals surface area contributed by atoms with E-state index in [0.717, 1.165) is 11.3 Å². The maximum Gasteiger partial charge on any atom is 0.195 e. The largest absolute Gasteiger partial charge is 0.472 e. The van der Waals surface area contributed by atoms with Gasteiger partial charge < -0.3 is 19.3 Å². The number of aromatic nitrogens is 3. The highest BCUT2D eigenvalue weighted by atomic mass is 35.5. The second-order valence-electron chi connectivity index (χ2n) is 9.40. The Hall–Kier alpha value is -2.96. The van der Waals surface area contributed by atoms with Crippen molar-refractivity contribution in [1.29, 1.82) is 0 Å². The minimum Gasteiger partial charge on any atom is -0.472 e. The quantitative estimate of drug-likeness (QED) is 0.532. The lowest BCUT2D eigenvalue weighted by molar-refractivity contribution is 0.00558. The highest BCUT2D eigenvalue weighted by Gasteiger charge is 2.49. The zero-order chi connectivity index (χ0) is 25.7. The number of aliphatic hydroxyl groups excluding tert-OH is 1. The Morgan fingerprint density at radius 1 is 1.08 bits per heavy atom. The van der Waals surface area contributed by atoms with Crippen molar-refractivity contribution in [1.82, 2.24) is 15.0 Å². The Balaban J connectivity index is 1.17. The van der Waals surface area contributed by atoms with Crippen LogP contribution in [0.3, 0.4) is 0 Å². The molecule has 6 rings (SSSR count). The first-order chi connectivity index (χ1) is 17.7. The van der Waals surface area contributed by atoms with Crippen molar-refractivity contribution in [3.63, 3.8) is 0 Å². The molecule has 3 aromatic rings. The second-order valence-corrected chi connectivity index (χ2v) is 12.4. The highest BCUT2D eigenvalue weighted by molar-refractivity contribution is 7.92. The molecule has 0 bridgehead atoms. The fourth-order valence-corrected chi connectivity index (χ4v) is 5.46. The van der Waals surface area contributed by atoms with Gasteiger partial charge in [0, 0.05) is 45.8 Å². The van der Waals surface area contributed by atoms with E-state index in [1.165, 1.54) is 0 Å². The van der Waals surface area contributed by atoms with Gasteiger partial charge in [-0.2, -0.15) is 4.36 Å². The van der Waals surface area contributed by atoms with E-state index in [-0.39, 0.29) is 24.9 Å². The summed E-state index contributed by atoms with van der Waals surface area (Å²) in [6, 6.07) is 9.02. The van der Waals surface area contributed by atoms with Gasteiger partial charge in [-0.25, -0.2) is 24.2 Å². The van der Waals surface area contributed by atoms with Crippen LogP contribution >= 0.6 is 11.6 Å². The van der Waals surface area contributed by atoms with Crippen molar-refractivity contribution in [2.24, 2.45) is 9.36 Å². The summed E-state index contributed by atoms with van der Waals surface area (Å²) in [5.74, 6) is 1.05. The maximum atomic E-state index is 11.9. The van der Waals surface area contributed by atoms with E-state index in [2.05, 4.69) is 19.3 Å². The van der Waals surface area contributed by atoms with Gasteiger partial charge in [0.15, 0.2) is 17.8 Å². The van der Waals surface area contributed by atoms with Gasteiger partial charge in [-0.3, -0.25) is 0 Å². The molecule has 3 aliphatic heterocycles. The maximum absolute atomic E-state index is 11.9. The molecule has 0 aliphatic carbocycles. The van der Waals surface area contributed by atoms with Crippen molar-refractivity contribution >= 4 is 38.6 Å². The van der Waals surface area contributed by atoms with Crippen LogP contribution in [0.2, 0.25) is 5.02 Å². The molecule has 2 fully saturated rings. The summed E-state index contributed by atoms with van der Waals surface area (Å²) in [6.07, 6.45) is 5.31. The number of aliphatic hydroxyl groups is 1. The Kier molecular flexibility index (Phi) is 6.20. The fourth-order valence-electron chi connectivity index (χ4n) is 4.58. The van der Waals surface area contributed by atoms with E-state index in [9.17, 15) is 9.32 Å². The molecule has 1 N–H and O–H groups in total. The van der Waals surface area contributed by atoms with Gasteiger partial charge in [-0.05, 0) is 30.3 Å². The smallest absolute Gasteiger partial charge is 0.195 e. The molecule has 12 heteroatoms. The number of fused-ring (bicyclic) bond motifs is 2. The van der Waals surface area contributed by atoms with Crippen LogP contribution in [0.4, 0.5) is 11.4 Å². The Bertz CT molecular complexity index is 1500. The van der Waals surface area contributed by atoms with E-state index in [0.29, 0.717) is 52.4 Å². The molecule has 5 heterocycles. The zero-order valence-electron chi connectivity index (χ0n) is 20.1. The SMILES string of the molecule is CS(C)(=O)=Nc1ccc(-c2ncc(-c3nc4c(cc3Cl)N=C(O[C@@H]3CO[C@H]5[C@@H]3OC[C@H]5O)C4)cn2)cc1. The number of aliphatic imine (C=N–C) groups is 1. The van der Waals surface area contributed by atoms with E-state index < -0.39 is 15.8 Å². The Labute approximate surface area is 218 Å². The summed E-state index contributed by atoms with van der Waals surface area (Å²) < 4.78 is 33.4. The van der Waals surface area contributed by atoms with E-state index in [1.54, 1.807) is 43.1 Å². The first kappa shape index (κ1) is 24.4. The van der Waals surface area contributed by atoms with Crippen molar-refractivity contribution in [3.8, 4) is 22.6 Å². The summed E-state index contributed by atoms with van der Waals surface area (Å²) in [7, 11) is -2.23. The number of halogens is 1. The topological polar surface area (TPSA) is 128 Å². The predicted octanol–water partition coefficient (Wildman–Crippen LogP) is 3.35. The number of ether oxygens (including phenoxy) is 3. The number of rotatable bonds is 4. The van der Waals surface area contributed by atoms with Crippen molar-refractivity contribution in [2.45, 2.75) is 30.8 Å². The summed E-state index contributed by atoms with van der Waals surface area (Å²) >= 11 is 6.55. The van der Waals surface area contributed by atoms with Gasteiger partial charge in [-0.1, -0.05) is 11.6 Å². The molecule has 0 unspecified atom stereocenters. The molecule has 1 aromatic carbocycles. The Morgan fingerprint density at radius 2 is 1.81 bits per heavy atom. The second kappa shape index (κ2) is 9.41. The highest BCUT2D eigenvalue weighted by Crippen LogP contribution is 2.36. The first-order valence-electron chi connectivity index (χ1n) is 11.7. The van der Waals surface area contributed by atoms with Crippen LogP contribution in [0.5, 0.6) is 0 Å². The number of nitrogens with zero attached hydrogens (tertiary/aromatic N) is 5. The van der Waals surface area contributed by atoms with Crippen LogP contribution in [-0.4, -0.2) is 80.3 Å². The van der Waals surface area contributed by atoms with Crippen molar-refractivity contribution in [2.75, 3.05) is 25.7 Å². The van der Waals surface area contributed by atoms with E-state index in [4.69, 9.17) is 30.8 Å². The average molecular weight is 542 g/mol. The van der Waals surface area contributed by atoms with Crippen LogP contribution in [0.15, 0.2) is 52.1 Å². The average Bonchev–Trinajstić information content (AvgIpc) is 3.55. The fraction of sp³-hybridized carbons (Fsp3) is 0.360. The predicted molar refractivity (Wildman–Crippen MR) is 139 cm³/mol. The molecule has 0 radical (unpaired) electrons. The standard InChI is InChI=1S/C25H24ClN5O5S/c1-37(2,33)31-15-5-3-13(4-6-15)25-27-9-14(10-28-25)22-16(26)7-17-18(30-22)8-21(29-17)36-20-12-35-23-19(32)11-34-24(20)23/h3-7,9-10,19-20,23-24,32H,8,11-12H2,1-2H3/t19-,20-,23-,24-/m1/s1. The third kappa shape index (κ3) is 4.97. The lowest BCUT2D eigenvalue weighted by Crippen LogP contribution is -2.34. The van der Waals surface area contributed by atoms with E-state index >= 15 is 0 Å². The molecule has 0 spiro atoms. The van der Waals surface area contributed by atoms with Crippen molar-refractivity contribution < 1.29 is 23.5 Å². The third-order valence-corrected chi connectivity index (χ3v) is 7.18. The molecular formula is C25H24ClN5O5S. The van der Waals surface area contributed by atoms with Gasteiger partial charge in [0.1, 0.15) is 18.3 Å². The molecule has 2 aromatic heterocycles. The minimum atomic E-state index is -2.23. The van der Waals surface area contributed by atoms with Crippen LogP contribution in [-0.2, 0) is 30.4 Å². The van der Waals surface area contributed by atoms with Crippen molar-refractivity contribution in [3.05, 3.63) is 53.4 Å². The van der Waals surface area contributed by atoms with Crippen LogP contribution < -0.4 is 0 Å². The number of hydrogen-bond donors (Lipinski definition) is 1. The van der Waals surface area contributed by atoms with Gasteiger partial charge in [-0.15, -0.1) is 0 Å². The van der Waals surface area contributed by atoms with Crippen LogP contribution in [0.25, 0.3) is 22.6 Å². The summed E-state index contributed by atoms with van der Waals surface area (Å²) in [6.45, 7) is 0.574. The monoisotopic (exact) mass is 541 g/mol. The Morgan fingerprint density at radius 3 is 2.54 bits per heavy atom. The third-order valence-electron chi connectivity index (χ3n) is 6.24.